The molecule has 0 spiro atoms. The van der Waals surface area contributed by atoms with Crippen molar-refractivity contribution in [3.63, 3.8) is 0 Å². The van der Waals surface area contributed by atoms with Crippen molar-refractivity contribution >= 4 is 0 Å². The Balaban J connectivity index is 2.39. The van der Waals surface area contributed by atoms with Crippen LogP contribution < -0.4 is 5.73 Å². The summed E-state index contributed by atoms with van der Waals surface area (Å²) in [7, 11) is 0. The second-order valence-corrected chi connectivity index (χ2v) is 4.83. The van der Waals surface area contributed by atoms with Crippen LogP contribution in [0.2, 0.25) is 0 Å². The van der Waals surface area contributed by atoms with Gasteiger partial charge in [-0.05, 0) is 38.3 Å². The third-order valence-electron chi connectivity index (χ3n) is 2.87. The summed E-state index contributed by atoms with van der Waals surface area (Å²) in [5, 5.41) is 0. The zero-order valence-electron chi connectivity index (χ0n) is 8.64. The van der Waals surface area contributed by atoms with Crippen LogP contribution in [0.25, 0.3) is 0 Å². The molecule has 0 aromatic heterocycles. The van der Waals surface area contributed by atoms with Gasteiger partial charge in [-0.3, -0.25) is 0 Å². The van der Waals surface area contributed by atoms with Gasteiger partial charge in [-0.15, -0.1) is 0 Å². The van der Waals surface area contributed by atoms with E-state index in [2.05, 4.69) is 25.7 Å². The SMILES string of the molecule is CC1CCCN1CC(C)(C)CN. The largest absolute Gasteiger partial charge is 0.330 e. The van der Waals surface area contributed by atoms with Crippen molar-refractivity contribution < 1.29 is 0 Å². The molecular weight excluding hydrogens is 148 g/mol. The summed E-state index contributed by atoms with van der Waals surface area (Å²) in [5.41, 5.74) is 5.99. The number of nitrogens with two attached hydrogens (primary N) is 1. The number of likely N-dealkylation sites (tertiary alicyclic amines) is 1. The molecule has 0 aliphatic carbocycles. The average molecular weight is 170 g/mol. The first kappa shape index (κ1) is 10.0. The summed E-state index contributed by atoms with van der Waals surface area (Å²) in [6.07, 6.45) is 2.72. The minimum Gasteiger partial charge on any atom is -0.330 e. The first-order chi connectivity index (χ1) is 5.55. The Morgan fingerprint density at radius 2 is 2.17 bits per heavy atom. The van der Waals surface area contributed by atoms with Crippen molar-refractivity contribution in [2.75, 3.05) is 19.6 Å². The van der Waals surface area contributed by atoms with Crippen LogP contribution in [0.1, 0.15) is 33.6 Å². The predicted octanol–water partition coefficient (Wildman–Crippen LogP) is 1.46. The van der Waals surface area contributed by atoms with Crippen LogP contribution in [-0.2, 0) is 0 Å². The molecule has 0 amide bonds. The Hall–Kier alpha value is -0.0800. The molecule has 1 aliphatic rings. The summed E-state index contributed by atoms with van der Waals surface area (Å²) in [6.45, 7) is 10.0. The zero-order valence-corrected chi connectivity index (χ0v) is 8.64. The molecule has 1 rings (SSSR count). The third-order valence-corrected chi connectivity index (χ3v) is 2.87. The topological polar surface area (TPSA) is 29.3 Å². The van der Waals surface area contributed by atoms with Crippen LogP contribution in [0.3, 0.4) is 0 Å². The van der Waals surface area contributed by atoms with Gasteiger partial charge in [-0.2, -0.15) is 0 Å². The maximum Gasteiger partial charge on any atom is 0.00676 e. The lowest BCUT2D eigenvalue weighted by molar-refractivity contribution is 0.178. The van der Waals surface area contributed by atoms with Crippen molar-refractivity contribution in [2.45, 2.75) is 39.7 Å². The van der Waals surface area contributed by atoms with E-state index in [1.807, 2.05) is 0 Å². The van der Waals surface area contributed by atoms with Crippen LogP contribution in [0.5, 0.6) is 0 Å². The standard InChI is InChI=1S/C10H22N2/c1-9-5-4-6-12(9)8-10(2,3)7-11/h9H,4-8,11H2,1-3H3. The van der Waals surface area contributed by atoms with E-state index >= 15 is 0 Å². The number of nitrogens with zero attached hydrogens (tertiary/aromatic N) is 1. The molecule has 72 valence electrons. The number of hydrogen-bond acceptors (Lipinski definition) is 2. The molecule has 0 aromatic carbocycles. The Morgan fingerprint density at radius 1 is 1.50 bits per heavy atom. The summed E-state index contributed by atoms with van der Waals surface area (Å²) in [5.74, 6) is 0. The van der Waals surface area contributed by atoms with Gasteiger partial charge in [0.1, 0.15) is 0 Å². The smallest absolute Gasteiger partial charge is 0.00676 e. The quantitative estimate of drug-likeness (QED) is 0.694. The van der Waals surface area contributed by atoms with Crippen molar-refractivity contribution in [2.24, 2.45) is 11.1 Å². The fraction of sp³-hybridized carbons (Fsp3) is 1.00. The molecule has 0 aromatic rings. The van der Waals surface area contributed by atoms with Crippen LogP contribution in [0.4, 0.5) is 0 Å². The molecule has 1 fully saturated rings. The molecule has 2 nitrogen and oxygen atoms in total. The van der Waals surface area contributed by atoms with Crippen molar-refractivity contribution in [1.29, 1.82) is 0 Å². The zero-order chi connectivity index (χ0) is 9.19. The minimum atomic E-state index is 0.290. The monoisotopic (exact) mass is 170 g/mol. The molecule has 2 heteroatoms. The van der Waals surface area contributed by atoms with Crippen molar-refractivity contribution in [1.82, 2.24) is 4.90 Å². The van der Waals surface area contributed by atoms with E-state index in [0.717, 1.165) is 19.1 Å². The average Bonchev–Trinajstić information content (AvgIpc) is 2.36. The molecule has 0 bridgehead atoms. The van der Waals surface area contributed by atoms with Gasteiger partial charge in [-0.25, -0.2) is 0 Å². The highest BCUT2D eigenvalue weighted by Gasteiger charge is 2.26. The lowest BCUT2D eigenvalue weighted by atomic mass is 9.93. The molecule has 0 saturated carbocycles. The highest BCUT2D eigenvalue weighted by molar-refractivity contribution is 4.81. The van der Waals surface area contributed by atoms with E-state index in [4.69, 9.17) is 5.73 Å². The summed E-state index contributed by atoms with van der Waals surface area (Å²) >= 11 is 0. The van der Waals surface area contributed by atoms with Gasteiger partial charge >= 0.3 is 0 Å². The van der Waals surface area contributed by atoms with Gasteiger partial charge in [0.2, 0.25) is 0 Å². The molecule has 1 unspecified atom stereocenters. The first-order valence-corrected chi connectivity index (χ1v) is 4.99. The van der Waals surface area contributed by atoms with Gasteiger partial charge in [0.05, 0.1) is 0 Å². The fourth-order valence-corrected chi connectivity index (χ4v) is 1.84. The number of rotatable bonds is 3. The fourth-order valence-electron chi connectivity index (χ4n) is 1.84. The molecular formula is C10H22N2. The van der Waals surface area contributed by atoms with Gasteiger partial charge in [0, 0.05) is 12.6 Å². The number of hydrogen-bond donors (Lipinski definition) is 1. The van der Waals surface area contributed by atoms with Crippen LogP contribution in [0.15, 0.2) is 0 Å². The maximum absolute atomic E-state index is 5.70. The Morgan fingerprint density at radius 3 is 2.58 bits per heavy atom. The predicted molar refractivity (Wildman–Crippen MR) is 53.1 cm³/mol. The Bertz CT molecular complexity index is 143. The van der Waals surface area contributed by atoms with Crippen LogP contribution >= 0.6 is 0 Å². The van der Waals surface area contributed by atoms with Gasteiger partial charge < -0.3 is 10.6 Å². The van der Waals surface area contributed by atoms with Gasteiger partial charge in [0.15, 0.2) is 0 Å². The van der Waals surface area contributed by atoms with E-state index < -0.39 is 0 Å². The molecule has 1 heterocycles. The van der Waals surface area contributed by atoms with E-state index in [1.54, 1.807) is 0 Å². The van der Waals surface area contributed by atoms with Gasteiger partial charge in [0.25, 0.3) is 0 Å². The maximum atomic E-state index is 5.70. The highest BCUT2D eigenvalue weighted by Crippen LogP contribution is 2.22. The third kappa shape index (κ3) is 2.46. The highest BCUT2D eigenvalue weighted by atomic mass is 15.2. The second kappa shape index (κ2) is 3.75. The minimum absolute atomic E-state index is 0.290. The molecule has 1 atom stereocenters. The summed E-state index contributed by atoms with van der Waals surface area (Å²) in [4.78, 5) is 2.56. The lowest BCUT2D eigenvalue weighted by Crippen LogP contribution is -2.40. The Kier molecular flexibility index (Phi) is 3.13. The first-order valence-electron chi connectivity index (χ1n) is 4.99. The van der Waals surface area contributed by atoms with Crippen molar-refractivity contribution in [3.05, 3.63) is 0 Å². The summed E-state index contributed by atoms with van der Waals surface area (Å²) < 4.78 is 0. The van der Waals surface area contributed by atoms with E-state index in [1.165, 1.54) is 19.4 Å². The summed E-state index contributed by atoms with van der Waals surface area (Å²) in [6, 6.07) is 0.774. The molecule has 2 N–H and O–H groups in total. The molecule has 1 aliphatic heterocycles. The normalized spacial score (nSPS) is 26.5. The van der Waals surface area contributed by atoms with E-state index in [9.17, 15) is 0 Å². The van der Waals surface area contributed by atoms with Crippen molar-refractivity contribution in [3.8, 4) is 0 Å². The second-order valence-electron chi connectivity index (χ2n) is 4.83. The van der Waals surface area contributed by atoms with Crippen LogP contribution in [-0.4, -0.2) is 30.6 Å². The molecule has 0 radical (unpaired) electrons. The van der Waals surface area contributed by atoms with Gasteiger partial charge in [-0.1, -0.05) is 13.8 Å². The Labute approximate surface area is 76.1 Å². The van der Waals surface area contributed by atoms with E-state index in [-0.39, 0.29) is 0 Å². The molecule has 1 saturated heterocycles. The van der Waals surface area contributed by atoms with Crippen LogP contribution in [0, 0.1) is 5.41 Å². The molecule has 12 heavy (non-hydrogen) atoms. The van der Waals surface area contributed by atoms with E-state index in [0.29, 0.717) is 5.41 Å². The lowest BCUT2D eigenvalue weighted by Gasteiger charge is -2.31.